The van der Waals surface area contributed by atoms with E-state index in [1.54, 1.807) is 0 Å². The minimum atomic E-state index is 0. The molecule has 3 N–H and O–H groups in total. The van der Waals surface area contributed by atoms with Crippen molar-refractivity contribution in [1.29, 1.82) is 0 Å². The van der Waals surface area contributed by atoms with E-state index >= 15 is 0 Å². The molecule has 1 heterocycles. The minimum Gasteiger partial charge on any atom is -0.395 e. The van der Waals surface area contributed by atoms with Crippen LogP contribution in [0.3, 0.4) is 0 Å². The zero-order valence-electron chi connectivity index (χ0n) is 7.98. The van der Waals surface area contributed by atoms with Crippen LogP contribution in [0.4, 0.5) is 0 Å². The van der Waals surface area contributed by atoms with Gasteiger partial charge in [0.15, 0.2) is 0 Å². The summed E-state index contributed by atoms with van der Waals surface area (Å²) in [7, 11) is 2.13. The van der Waals surface area contributed by atoms with Crippen molar-refractivity contribution in [1.82, 2.24) is 4.90 Å². The summed E-state index contributed by atoms with van der Waals surface area (Å²) in [5.41, 5.74) is 5.72. The third kappa shape index (κ3) is 5.03. The Balaban J connectivity index is 0. The highest BCUT2D eigenvalue weighted by molar-refractivity contribution is 5.85. The second-order valence-corrected chi connectivity index (χ2v) is 3.49. The molecule has 13 heavy (non-hydrogen) atoms. The largest absolute Gasteiger partial charge is 0.395 e. The van der Waals surface area contributed by atoms with Crippen LogP contribution in [0.1, 0.15) is 12.8 Å². The van der Waals surface area contributed by atoms with Crippen LogP contribution in [-0.4, -0.2) is 42.8 Å². The fourth-order valence-electron chi connectivity index (χ4n) is 1.61. The molecule has 3 nitrogen and oxygen atoms in total. The zero-order valence-corrected chi connectivity index (χ0v) is 9.61. The first-order valence-corrected chi connectivity index (χ1v) is 4.29. The topological polar surface area (TPSA) is 49.5 Å². The standard InChI is InChI=1S/C8H18N2O.2ClH/c1-10-4-2-7(3-5-10)8(9)6-11;;/h7-8,11H,2-6,9H2,1H3;2*1H. The van der Waals surface area contributed by atoms with E-state index in [0.29, 0.717) is 5.92 Å². The van der Waals surface area contributed by atoms with Gasteiger partial charge in [-0.25, -0.2) is 0 Å². The predicted octanol–water partition coefficient (Wildman–Crippen LogP) is 0.491. The van der Waals surface area contributed by atoms with Gasteiger partial charge in [0, 0.05) is 6.04 Å². The number of nitrogens with zero attached hydrogens (tertiary/aromatic N) is 1. The Morgan fingerprint density at radius 3 is 2.23 bits per heavy atom. The van der Waals surface area contributed by atoms with Gasteiger partial charge in [-0.3, -0.25) is 0 Å². The molecule has 5 heteroatoms. The van der Waals surface area contributed by atoms with Crippen LogP contribution in [0, 0.1) is 5.92 Å². The van der Waals surface area contributed by atoms with E-state index in [1.807, 2.05) is 0 Å². The van der Waals surface area contributed by atoms with Crippen LogP contribution in [0.25, 0.3) is 0 Å². The van der Waals surface area contributed by atoms with Crippen LogP contribution in [0.15, 0.2) is 0 Å². The lowest BCUT2D eigenvalue weighted by Gasteiger charge is -2.31. The predicted molar refractivity (Wildman–Crippen MR) is 59.8 cm³/mol. The van der Waals surface area contributed by atoms with Gasteiger partial charge in [-0.15, -0.1) is 24.8 Å². The van der Waals surface area contributed by atoms with E-state index in [2.05, 4.69) is 11.9 Å². The van der Waals surface area contributed by atoms with Crippen molar-refractivity contribution in [2.45, 2.75) is 18.9 Å². The summed E-state index contributed by atoms with van der Waals surface area (Å²) >= 11 is 0. The molecule has 1 fully saturated rings. The van der Waals surface area contributed by atoms with E-state index in [4.69, 9.17) is 10.8 Å². The van der Waals surface area contributed by atoms with Crippen molar-refractivity contribution >= 4 is 24.8 Å². The van der Waals surface area contributed by atoms with Crippen molar-refractivity contribution in [2.75, 3.05) is 26.7 Å². The Hall–Kier alpha value is 0.460. The molecular weight excluding hydrogens is 211 g/mol. The molecule has 1 atom stereocenters. The number of likely N-dealkylation sites (tertiary alicyclic amines) is 1. The van der Waals surface area contributed by atoms with Crippen molar-refractivity contribution in [3.63, 3.8) is 0 Å². The summed E-state index contributed by atoms with van der Waals surface area (Å²) in [6.07, 6.45) is 2.27. The van der Waals surface area contributed by atoms with Crippen molar-refractivity contribution < 1.29 is 5.11 Å². The average molecular weight is 231 g/mol. The van der Waals surface area contributed by atoms with Gasteiger partial charge in [-0.2, -0.15) is 0 Å². The maximum absolute atomic E-state index is 8.81. The lowest BCUT2D eigenvalue weighted by Crippen LogP contribution is -2.41. The Morgan fingerprint density at radius 1 is 1.38 bits per heavy atom. The van der Waals surface area contributed by atoms with Crippen LogP contribution < -0.4 is 5.73 Å². The van der Waals surface area contributed by atoms with Gasteiger partial charge in [0.25, 0.3) is 0 Å². The van der Waals surface area contributed by atoms with Crippen molar-refractivity contribution in [2.24, 2.45) is 11.7 Å². The van der Waals surface area contributed by atoms with E-state index in [0.717, 1.165) is 25.9 Å². The number of piperidine rings is 1. The molecule has 1 saturated heterocycles. The molecule has 1 aliphatic heterocycles. The van der Waals surface area contributed by atoms with Crippen LogP contribution in [-0.2, 0) is 0 Å². The second-order valence-electron chi connectivity index (χ2n) is 3.49. The number of aliphatic hydroxyl groups is 1. The fraction of sp³-hybridized carbons (Fsp3) is 1.00. The normalized spacial score (nSPS) is 21.5. The van der Waals surface area contributed by atoms with Crippen molar-refractivity contribution in [3.05, 3.63) is 0 Å². The zero-order chi connectivity index (χ0) is 8.27. The van der Waals surface area contributed by atoms with Gasteiger partial charge in [0.2, 0.25) is 0 Å². The molecule has 0 aromatic carbocycles. The van der Waals surface area contributed by atoms with Crippen LogP contribution >= 0.6 is 24.8 Å². The molecule has 1 aliphatic rings. The molecule has 0 spiro atoms. The number of nitrogens with two attached hydrogens (primary N) is 1. The van der Waals surface area contributed by atoms with Crippen LogP contribution in [0.5, 0.6) is 0 Å². The summed E-state index contributed by atoms with van der Waals surface area (Å²) in [5, 5.41) is 8.81. The fourth-order valence-corrected chi connectivity index (χ4v) is 1.61. The summed E-state index contributed by atoms with van der Waals surface area (Å²) < 4.78 is 0. The van der Waals surface area contributed by atoms with Crippen LogP contribution in [0.2, 0.25) is 0 Å². The van der Waals surface area contributed by atoms with E-state index < -0.39 is 0 Å². The Bertz CT molecular complexity index is 119. The molecule has 82 valence electrons. The van der Waals surface area contributed by atoms with Crippen molar-refractivity contribution in [3.8, 4) is 0 Å². The summed E-state index contributed by atoms with van der Waals surface area (Å²) in [5.74, 6) is 0.538. The van der Waals surface area contributed by atoms with Gasteiger partial charge >= 0.3 is 0 Å². The Labute approximate surface area is 92.5 Å². The van der Waals surface area contributed by atoms with E-state index in [9.17, 15) is 0 Å². The molecule has 0 aromatic rings. The third-order valence-electron chi connectivity index (χ3n) is 2.58. The number of halogens is 2. The summed E-state index contributed by atoms with van der Waals surface area (Å²) in [4.78, 5) is 2.31. The molecule has 0 bridgehead atoms. The van der Waals surface area contributed by atoms with Gasteiger partial charge in [0.1, 0.15) is 0 Å². The Morgan fingerprint density at radius 2 is 1.85 bits per heavy atom. The second kappa shape index (κ2) is 7.83. The highest BCUT2D eigenvalue weighted by atomic mass is 35.5. The highest BCUT2D eigenvalue weighted by Crippen LogP contribution is 2.17. The lowest BCUT2D eigenvalue weighted by atomic mass is 9.91. The van der Waals surface area contributed by atoms with E-state index in [-0.39, 0.29) is 37.5 Å². The highest BCUT2D eigenvalue weighted by Gasteiger charge is 2.21. The molecule has 1 rings (SSSR count). The first-order chi connectivity index (χ1) is 5.24. The monoisotopic (exact) mass is 230 g/mol. The molecule has 0 aromatic heterocycles. The molecule has 1 unspecified atom stereocenters. The van der Waals surface area contributed by atoms with Gasteiger partial charge < -0.3 is 15.7 Å². The van der Waals surface area contributed by atoms with Gasteiger partial charge in [-0.1, -0.05) is 0 Å². The maximum Gasteiger partial charge on any atom is 0.0585 e. The quantitative estimate of drug-likeness (QED) is 0.727. The number of hydrogen-bond donors (Lipinski definition) is 2. The maximum atomic E-state index is 8.81. The molecule has 0 saturated carbocycles. The number of rotatable bonds is 2. The van der Waals surface area contributed by atoms with Gasteiger partial charge in [0.05, 0.1) is 6.61 Å². The summed E-state index contributed by atoms with van der Waals surface area (Å²) in [6, 6.07) is 0.00343. The van der Waals surface area contributed by atoms with Gasteiger partial charge in [-0.05, 0) is 38.9 Å². The molecule has 0 amide bonds. The number of aliphatic hydroxyl groups excluding tert-OH is 1. The van der Waals surface area contributed by atoms with E-state index in [1.165, 1.54) is 0 Å². The third-order valence-corrected chi connectivity index (χ3v) is 2.58. The number of hydrogen-bond acceptors (Lipinski definition) is 3. The smallest absolute Gasteiger partial charge is 0.0585 e. The molecular formula is C8H20Cl2N2O. The first-order valence-electron chi connectivity index (χ1n) is 4.29. The first kappa shape index (κ1) is 15.9. The lowest BCUT2D eigenvalue weighted by molar-refractivity contribution is 0.158. The Kier molecular flexibility index (Phi) is 9.58. The average Bonchev–Trinajstić information content (AvgIpc) is 2.05. The molecule has 0 aliphatic carbocycles. The molecule has 0 radical (unpaired) electrons. The summed E-state index contributed by atoms with van der Waals surface area (Å²) in [6.45, 7) is 2.38. The SMILES string of the molecule is CN1CCC(C(N)CO)CC1.Cl.Cl. The minimum absolute atomic E-state index is 0.